The van der Waals surface area contributed by atoms with E-state index >= 15 is 0 Å². The number of rotatable bonds is 3. The molecule has 0 aliphatic heterocycles. The number of pyridine rings is 1. The van der Waals surface area contributed by atoms with Gasteiger partial charge in [-0.2, -0.15) is 0 Å². The average molecular weight is 312 g/mol. The maximum Gasteiger partial charge on any atom is 0.414 e. The Hall–Kier alpha value is -2.36. The van der Waals surface area contributed by atoms with E-state index in [-0.39, 0.29) is 11.5 Å². The van der Waals surface area contributed by atoms with Gasteiger partial charge in [0, 0.05) is 25.4 Å². The topological polar surface area (TPSA) is 42.4 Å². The largest absolute Gasteiger partial charge is 0.414 e. The molecule has 0 fully saturated rings. The van der Waals surface area contributed by atoms with Crippen LogP contribution in [0, 0.1) is 0 Å². The minimum Gasteiger partial charge on any atom is -0.410 e. The van der Waals surface area contributed by atoms with Crippen LogP contribution in [-0.4, -0.2) is 29.6 Å². The summed E-state index contributed by atoms with van der Waals surface area (Å²) in [7, 11) is 1.71. The summed E-state index contributed by atoms with van der Waals surface area (Å²) >= 11 is 0. The van der Waals surface area contributed by atoms with Crippen LogP contribution in [0.1, 0.15) is 33.3 Å². The Morgan fingerprint density at radius 1 is 1.22 bits per heavy atom. The van der Waals surface area contributed by atoms with Crippen molar-refractivity contribution in [1.29, 1.82) is 0 Å². The van der Waals surface area contributed by atoms with Gasteiger partial charge in [0.25, 0.3) is 0 Å². The van der Waals surface area contributed by atoms with Crippen LogP contribution >= 0.6 is 0 Å². The van der Waals surface area contributed by atoms with E-state index in [2.05, 4.69) is 31.8 Å². The van der Waals surface area contributed by atoms with E-state index in [1.807, 2.05) is 37.4 Å². The van der Waals surface area contributed by atoms with Crippen molar-refractivity contribution in [2.45, 2.75) is 33.1 Å². The second kappa shape index (κ2) is 6.82. The standard InChI is InChI=1S/C19H24N2O2/c1-6-21(5)18(22)23-16-9-7-8-14(12-16)17-13-15(10-11-20-17)19(2,3)4/h7-13H,6H2,1-5H3. The van der Waals surface area contributed by atoms with Gasteiger partial charge in [-0.3, -0.25) is 4.98 Å². The maximum atomic E-state index is 11.9. The monoisotopic (exact) mass is 312 g/mol. The first-order chi connectivity index (χ1) is 10.8. The summed E-state index contributed by atoms with van der Waals surface area (Å²) in [5, 5.41) is 0. The van der Waals surface area contributed by atoms with Gasteiger partial charge in [-0.25, -0.2) is 4.79 Å². The molecular weight excluding hydrogens is 288 g/mol. The first-order valence-electron chi connectivity index (χ1n) is 7.81. The molecule has 0 aliphatic carbocycles. The van der Waals surface area contributed by atoms with Gasteiger partial charge in [-0.15, -0.1) is 0 Å². The van der Waals surface area contributed by atoms with Crippen molar-refractivity contribution in [3.63, 3.8) is 0 Å². The summed E-state index contributed by atoms with van der Waals surface area (Å²) < 4.78 is 5.39. The van der Waals surface area contributed by atoms with E-state index in [9.17, 15) is 4.79 Å². The fourth-order valence-electron chi connectivity index (χ4n) is 2.08. The highest BCUT2D eigenvalue weighted by molar-refractivity contribution is 5.71. The second-order valence-corrected chi connectivity index (χ2v) is 6.59. The summed E-state index contributed by atoms with van der Waals surface area (Å²) in [6, 6.07) is 11.6. The van der Waals surface area contributed by atoms with Gasteiger partial charge in [0.05, 0.1) is 5.69 Å². The molecule has 0 saturated heterocycles. The molecule has 0 N–H and O–H groups in total. The zero-order chi connectivity index (χ0) is 17.0. The molecule has 0 aliphatic rings. The van der Waals surface area contributed by atoms with E-state index in [0.29, 0.717) is 12.3 Å². The van der Waals surface area contributed by atoms with Crippen LogP contribution in [0.4, 0.5) is 4.79 Å². The SMILES string of the molecule is CCN(C)C(=O)Oc1cccc(-c2cc(C(C)(C)C)ccn2)c1. The highest BCUT2D eigenvalue weighted by atomic mass is 16.6. The number of carbonyl (C=O) groups excluding carboxylic acids is 1. The van der Waals surface area contributed by atoms with Crippen molar-refractivity contribution in [1.82, 2.24) is 9.88 Å². The van der Waals surface area contributed by atoms with E-state index in [0.717, 1.165) is 11.3 Å². The average Bonchev–Trinajstić information content (AvgIpc) is 2.53. The Labute approximate surface area is 138 Å². The Kier molecular flexibility index (Phi) is 5.04. The van der Waals surface area contributed by atoms with Crippen LogP contribution in [0.3, 0.4) is 0 Å². The number of hydrogen-bond donors (Lipinski definition) is 0. The molecule has 1 amide bonds. The van der Waals surface area contributed by atoms with Gasteiger partial charge in [0.2, 0.25) is 0 Å². The molecule has 0 unspecified atom stereocenters. The van der Waals surface area contributed by atoms with Crippen molar-refractivity contribution < 1.29 is 9.53 Å². The zero-order valence-electron chi connectivity index (χ0n) is 14.5. The summed E-state index contributed by atoms with van der Waals surface area (Å²) in [5.74, 6) is 0.524. The van der Waals surface area contributed by atoms with E-state index in [4.69, 9.17) is 4.74 Å². The van der Waals surface area contributed by atoms with Crippen LogP contribution in [0.5, 0.6) is 5.75 Å². The van der Waals surface area contributed by atoms with Crippen LogP contribution in [-0.2, 0) is 5.41 Å². The quantitative estimate of drug-likeness (QED) is 0.838. The first-order valence-corrected chi connectivity index (χ1v) is 7.81. The van der Waals surface area contributed by atoms with Crippen molar-refractivity contribution >= 4 is 6.09 Å². The predicted molar refractivity (Wildman–Crippen MR) is 92.7 cm³/mol. The fourth-order valence-corrected chi connectivity index (χ4v) is 2.08. The Balaban J connectivity index is 2.28. The summed E-state index contributed by atoms with van der Waals surface area (Å²) in [4.78, 5) is 17.8. The fraction of sp³-hybridized carbons (Fsp3) is 0.368. The molecule has 23 heavy (non-hydrogen) atoms. The highest BCUT2D eigenvalue weighted by Gasteiger charge is 2.15. The third-order valence-electron chi connectivity index (χ3n) is 3.75. The minimum absolute atomic E-state index is 0.0611. The lowest BCUT2D eigenvalue weighted by atomic mass is 9.87. The zero-order valence-corrected chi connectivity index (χ0v) is 14.5. The summed E-state index contributed by atoms with van der Waals surface area (Å²) in [6.45, 7) is 9.02. The van der Waals surface area contributed by atoms with Gasteiger partial charge in [-0.1, -0.05) is 32.9 Å². The van der Waals surface area contributed by atoms with Crippen LogP contribution < -0.4 is 4.74 Å². The highest BCUT2D eigenvalue weighted by Crippen LogP contribution is 2.27. The molecule has 0 spiro atoms. The Morgan fingerprint density at radius 3 is 2.61 bits per heavy atom. The smallest absolute Gasteiger partial charge is 0.410 e. The maximum absolute atomic E-state index is 11.9. The molecule has 2 rings (SSSR count). The molecule has 0 bridgehead atoms. The van der Waals surface area contributed by atoms with Crippen molar-refractivity contribution in [3.8, 4) is 17.0 Å². The Bertz CT molecular complexity index is 690. The van der Waals surface area contributed by atoms with Crippen LogP contribution in [0.15, 0.2) is 42.6 Å². The third-order valence-corrected chi connectivity index (χ3v) is 3.75. The molecule has 1 heterocycles. The number of carbonyl (C=O) groups is 1. The van der Waals surface area contributed by atoms with Gasteiger partial charge in [-0.05, 0) is 42.2 Å². The molecule has 0 atom stereocenters. The lowest BCUT2D eigenvalue weighted by Gasteiger charge is -2.19. The third kappa shape index (κ3) is 4.31. The van der Waals surface area contributed by atoms with E-state index in [1.54, 1.807) is 13.1 Å². The molecular formula is C19H24N2O2. The molecule has 122 valence electrons. The normalized spacial score (nSPS) is 11.2. The van der Waals surface area contributed by atoms with Crippen molar-refractivity contribution in [2.75, 3.05) is 13.6 Å². The lowest BCUT2D eigenvalue weighted by Crippen LogP contribution is -2.29. The number of ether oxygens (including phenoxy) is 1. The lowest BCUT2D eigenvalue weighted by molar-refractivity contribution is 0.165. The molecule has 0 saturated carbocycles. The summed E-state index contributed by atoms with van der Waals surface area (Å²) in [5.41, 5.74) is 3.08. The van der Waals surface area contributed by atoms with Gasteiger partial charge in [0.15, 0.2) is 0 Å². The Morgan fingerprint density at radius 2 is 1.96 bits per heavy atom. The molecule has 1 aromatic heterocycles. The molecule has 2 aromatic rings. The number of benzene rings is 1. The summed E-state index contributed by atoms with van der Waals surface area (Å²) in [6.07, 6.45) is 1.46. The number of amides is 1. The first kappa shape index (κ1) is 17.0. The van der Waals surface area contributed by atoms with E-state index in [1.165, 1.54) is 10.5 Å². The van der Waals surface area contributed by atoms with Crippen molar-refractivity contribution in [3.05, 3.63) is 48.2 Å². The number of aromatic nitrogens is 1. The molecule has 4 heteroatoms. The van der Waals surface area contributed by atoms with Crippen LogP contribution in [0.2, 0.25) is 0 Å². The molecule has 4 nitrogen and oxygen atoms in total. The van der Waals surface area contributed by atoms with Crippen molar-refractivity contribution in [2.24, 2.45) is 0 Å². The number of nitrogens with zero attached hydrogens (tertiary/aromatic N) is 2. The second-order valence-electron chi connectivity index (χ2n) is 6.59. The van der Waals surface area contributed by atoms with Gasteiger partial charge < -0.3 is 9.64 Å². The van der Waals surface area contributed by atoms with Gasteiger partial charge >= 0.3 is 6.09 Å². The van der Waals surface area contributed by atoms with E-state index < -0.39 is 0 Å². The predicted octanol–water partition coefficient (Wildman–Crippen LogP) is 4.50. The number of hydrogen-bond acceptors (Lipinski definition) is 3. The minimum atomic E-state index is -0.360. The van der Waals surface area contributed by atoms with Crippen LogP contribution in [0.25, 0.3) is 11.3 Å². The molecule has 1 aromatic carbocycles. The van der Waals surface area contributed by atoms with Gasteiger partial charge in [0.1, 0.15) is 5.75 Å². The molecule has 0 radical (unpaired) electrons.